The average molecular weight is 570 g/mol. The molecule has 0 saturated carbocycles. The van der Waals surface area contributed by atoms with Crippen LogP contribution in [0.2, 0.25) is 10.0 Å². The molecule has 2 aromatic heterocycles. The van der Waals surface area contributed by atoms with Crippen LogP contribution in [0.1, 0.15) is 53.3 Å². The number of anilines is 1. The van der Waals surface area contributed by atoms with Crippen LogP contribution >= 0.6 is 46.3 Å². The number of nitrogens with one attached hydrogen (secondary N) is 1. The summed E-state index contributed by atoms with van der Waals surface area (Å²) in [6.45, 7) is 3.77. The summed E-state index contributed by atoms with van der Waals surface area (Å²) in [5, 5.41) is 13.3. The second-order valence-corrected chi connectivity index (χ2v) is 11.4. The minimum absolute atomic E-state index is 0.105. The van der Waals surface area contributed by atoms with E-state index in [0.29, 0.717) is 37.3 Å². The summed E-state index contributed by atoms with van der Waals surface area (Å²) in [6, 6.07) is 4.97. The van der Waals surface area contributed by atoms with Gasteiger partial charge in [0.25, 0.3) is 0 Å². The fourth-order valence-corrected chi connectivity index (χ4v) is 6.12. The highest BCUT2D eigenvalue weighted by Crippen LogP contribution is 2.39. The Morgan fingerprint density at radius 2 is 2.00 bits per heavy atom. The Balaban J connectivity index is 1.39. The zero-order chi connectivity index (χ0) is 25.8. The highest BCUT2D eigenvalue weighted by Gasteiger charge is 2.28. The first-order chi connectivity index (χ1) is 17.2. The molecule has 4 rings (SSSR count). The van der Waals surface area contributed by atoms with E-state index in [1.54, 1.807) is 29.8 Å². The first-order valence-electron chi connectivity index (χ1n) is 11.5. The van der Waals surface area contributed by atoms with Gasteiger partial charge in [-0.1, -0.05) is 35.0 Å². The Bertz CT molecular complexity index is 1280. The van der Waals surface area contributed by atoms with Gasteiger partial charge in [-0.3, -0.25) is 4.79 Å². The third-order valence-electron chi connectivity index (χ3n) is 5.48. The predicted octanol–water partition coefficient (Wildman–Crippen LogP) is 5.94. The van der Waals surface area contributed by atoms with E-state index in [-0.39, 0.29) is 30.3 Å². The normalized spacial score (nSPS) is 12.9. The average Bonchev–Trinajstić information content (AvgIpc) is 3.37. The molecule has 2 heterocycles. The fourth-order valence-electron chi connectivity index (χ4n) is 3.76. The molecule has 1 amide bonds. The number of aryl methyl sites for hydroxylation is 1. The number of fused-ring (bicyclic) bond motifs is 1. The Labute approximate surface area is 227 Å². The highest BCUT2D eigenvalue weighted by molar-refractivity contribution is 7.99. The molecule has 12 heteroatoms. The van der Waals surface area contributed by atoms with E-state index in [1.807, 2.05) is 13.8 Å². The van der Waals surface area contributed by atoms with Crippen molar-refractivity contribution in [2.45, 2.75) is 57.4 Å². The van der Waals surface area contributed by atoms with Crippen LogP contribution < -0.4 is 10.1 Å². The number of carbonyl (C=O) groups excluding carboxylic acids is 2. The topological polar surface area (TPSA) is 95.3 Å². The van der Waals surface area contributed by atoms with Gasteiger partial charge in [-0.25, -0.2) is 4.79 Å². The van der Waals surface area contributed by atoms with E-state index in [2.05, 4.69) is 15.5 Å². The van der Waals surface area contributed by atoms with Crippen molar-refractivity contribution in [2.75, 3.05) is 11.1 Å². The van der Waals surface area contributed by atoms with Crippen molar-refractivity contribution in [3.63, 3.8) is 0 Å². The summed E-state index contributed by atoms with van der Waals surface area (Å²) in [5.74, 6) is 0.507. The van der Waals surface area contributed by atoms with E-state index in [1.165, 1.54) is 23.1 Å². The molecule has 0 radical (unpaired) electrons. The van der Waals surface area contributed by atoms with Crippen molar-refractivity contribution in [3.8, 4) is 5.75 Å². The minimum atomic E-state index is -0.384. The monoisotopic (exact) mass is 568 g/mol. The molecule has 0 unspecified atom stereocenters. The molecule has 0 fully saturated rings. The van der Waals surface area contributed by atoms with Gasteiger partial charge in [0.15, 0.2) is 11.0 Å². The van der Waals surface area contributed by atoms with Crippen LogP contribution in [0.25, 0.3) is 0 Å². The first-order valence-corrected chi connectivity index (χ1v) is 14.0. The standard InChI is InChI=1S/C24H26Cl2N4O4S2/c1-13(2)34-23(32)21-15-6-4-5-7-18(15)36-22(21)27-20(31)12-35-24-29-28-19(30(24)3)11-33-17-10-14(25)8-9-16(17)26/h8-10,13H,4-7,11-12H2,1-3H3,(H,27,31). The van der Waals surface area contributed by atoms with E-state index in [9.17, 15) is 9.59 Å². The van der Waals surface area contributed by atoms with Gasteiger partial charge in [-0.15, -0.1) is 21.5 Å². The lowest BCUT2D eigenvalue weighted by Crippen LogP contribution is -2.19. The molecule has 8 nitrogen and oxygen atoms in total. The molecular weight excluding hydrogens is 543 g/mol. The van der Waals surface area contributed by atoms with Gasteiger partial charge in [0.1, 0.15) is 17.4 Å². The number of nitrogens with zero attached hydrogens (tertiary/aromatic N) is 3. The minimum Gasteiger partial charge on any atom is -0.484 e. The van der Waals surface area contributed by atoms with Gasteiger partial charge in [-0.05, 0) is 57.2 Å². The molecule has 1 N–H and O–H groups in total. The molecule has 0 bridgehead atoms. The summed E-state index contributed by atoms with van der Waals surface area (Å²) in [6.07, 6.45) is 3.60. The maximum Gasteiger partial charge on any atom is 0.341 e. The van der Waals surface area contributed by atoms with Gasteiger partial charge in [0, 0.05) is 23.0 Å². The number of rotatable bonds is 9. The van der Waals surface area contributed by atoms with E-state index in [0.717, 1.165) is 36.1 Å². The summed E-state index contributed by atoms with van der Waals surface area (Å²) >= 11 is 14.9. The Kier molecular flexibility index (Phi) is 8.82. The van der Waals surface area contributed by atoms with Crippen LogP contribution in [0.5, 0.6) is 5.75 Å². The first kappa shape index (κ1) is 26.8. The van der Waals surface area contributed by atoms with Crippen molar-refractivity contribution in [1.82, 2.24) is 14.8 Å². The van der Waals surface area contributed by atoms with Crippen molar-refractivity contribution < 1.29 is 19.1 Å². The number of hydrogen-bond acceptors (Lipinski definition) is 8. The van der Waals surface area contributed by atoms with Gasteiger partial charge in [0.05, 0.1) is 22.4 Å². The largest absolute Gasteiger partial charge is 0.484 e. The predicted molar refractivity (Wildman–Crippen MR) is 143 cm³/mol. The summed E-state index contributed by atoms with van der Waals surface area (Å²) in [4.78, 5) is 26.8. The Morgan fingerprint density at radius 3 is 2.78 bits per heavy atom. The number of halogens is 2. The molecule has 1 aliphatic rings. The lowest BCUT2D eigenvalue weighted by Gasteiger charge is -2.14. The number of thioether (sulfide) groups is 1. The zero-order valence-electron chi connectivity index (χ0n) is 20.1. The maximum atomic E-state index is 12.8. The molecular formula is C24H26Cl2N4O4S2. The SMILES string of the molecule is CC(C)OC(=O)c1c(NC(=O)CSc2nnc(COc3cc(Cl)ccc3Cl)n2C)sc2c1CCCC2. The molecule has 0 spiro atoms. The lowest BCUT2D eigenvalue weighted by molar-refractivity contribution is -0.113. The van der Waals surface area contributed by atoms with Crippen LogP contribution in [-0.2, 0) is 36.0 Å². The number of carbonyl (C=O) groups is 2. The van der Waals surface area contributed by atoms with E-state index in [4.69, 9.17) is 32.7 Å². The summed E-state index contributed by atoms with van der Waals surface area (Å²) in [7, 11) is 1.80. The van der Waals surface area contributed by atoms with Gasteiger partial charge < -0.3 is 19.4 Å². The van der Waals surface area contributed by atoms with Crippen LogP contribution in [0.15, 0.2) is 23.4 Å². The maximum absolute atomic E-state index is 12.8. The molecule has 36 heavy (non-hydrogen) atoms. The van der Waals surface area contributed by atoms with Crippen LogP contribution in [-0.4, -0.2) is 38.5 Å². The number of ether oxygens (including phenoxy) is 2. The second-order valence-electron chi connectivity index (χ2n) is 8.53. The van der Waals surface area contributed by atoms with Crippen molar-refractivity contribution >= 4 is 63.2 Å². The number of aromatic nitrogens is 3. The highest BCUT2D eigenvalue weighted by atomic mass is 35.5. The van der Waals surface area contributed by atoms with Gasteiger partial charge in [-0.2, -0.15) is 0 Å². The number of hydrogen-bond donors (Lipinski definition) is 1. The second kappa shape index (κ2) is 11.9. The molecule has 0 aliphatic heterocycles. The molecule has 192 valence electrons. The summed E-state index contributed by atoms with van der Waals surface area (Å²) in [5.41, 5.74) is 1.51. The Morgan fingerprint density at radius 1 is 1.22 bits per heavy atom. The quantitative estimate of drug-likeness (QED) is 0.252. The lowest BCUT2D eigenvalue weighted by atomic mass is 9.95. The fraction of sp³-hybridized carbons (Fsp3) is 0.417. The van der Waals surface area contributed by atoms with E-state index < -0.39 is 0 Å². The van der Waals surface area contributed by atoms with Crippen LogP contribution in [0.4, 0.5) is 5.00 Å². The van der Waals surface area contributed by atoms with Crippen LogP contribution in [0.3, 0.4) is 0 Å². The molecule has 1 aliphatic carbocycles. The zero-order valence-corrected chi connectivity index (χ0v) is 23.2. The number of thiophene rings is 1. The van der Waals surface area contributed by atoms with Crippen LogP contribution in [0, 0.1) is 0 Å². The number of esters is 1. The number of benzene rings is 1. The summed E-state index contributed by atoms with van der Waals surface area (Å²) < 4.78 is 13.0. The van der Waals surface area contributed by atoms with Gasteiger partial charge >= 0.3 is 5.97 Å². The Hall–Kier alpha value is -2.27. The molecule has 0 atom stereocenters. The molecule has 1 aromatic carbocycles. The van der Waals surface area contributed by atoms with Crippen molar-refractivity contribution in [2.24, 2.45) is 7.05 Å². The van der Waals surface area contributed by atoms with Crippen molar-refractivity contribution in [1.29, 1.82) is 0 Å². The smallest absolute Gasteiger partial charge is 0.341 e. The number of amides is 1. The molecule has 3 aromatic rings. The molecule has 0 saturated heterocycles. The van der Waals surface area contributed by atoms with E-state index >= 15 is 0 Å². The van der Waals surface area contributed by atoms with Crippen molar-refractivity contribution in [3.05, 3.63) is 50.1 Å². The third kappa shape index (κ3) is 6.34. The third-order valence-corrected chi connectivity index (χ3v) is 8.25. The van der Waals surface area contributed by atoms with Gasteiger partial charge in [0.2, 0.25) is 5.91 Å².